The molecule has 8 heteroatoms. The van der Waals surface area contributed by atoms with E-state index in [0.29, 0.717) is 30.1 Å². The molecular formula is C25H38BNO6. The molecule has 3 aliphatic rings. The molecule has 182 valence electrons. The highest BCUT2D eigenvalue weighted by atomic mass is 16.6. The molecule has 0 spiro atoms. The van der Waals surface area contributed by atoms with E-state index in [1.165, 1.54) is 7.11 Å². The van der Waals surface area contributed by atoms with Crippen molar-refractivity contribution in [2.75, 3.05) is 7.11 Å². The van der Waals surface area contributed by atoms with Crippen molar-refractivity contribution >= 4 is 19.9 Å². The van der Waals surface area contributed by atoms with Crippen molar-refractivity contribution in [1.29, 1.82) is 0 Å². The Bertz CT molecular complexity index is 882. The number of aliphatic hydroxyl groups is 1. The predicted molar refractivity (Wildman–Crippen MR) is 127 cm³/mol. The van der Waals surface area contributed by atoms with Crippen LogP contribution >= 0.6 is 0 Å². The van der Waals surface area contributed by atoms with Gasteiger partial charge in [-0.3, -0.25) is 4.79 Å². The third-order valence-electron chi connectivity index (χ3n) is 7.62. The lowest BCUT2D eigenvalue weighted by Gasteiger charge is -2.66. The van der Waals surface area contributed by atoms with Crippen LogP contribution in [0.2, 0.25) is 0 Å². The molecule has 7 nitrogen and oxygen atoms in total. The fourth-order valence-corrected chi connectivity index (χ4v) is 5.61. The first kappa shape index (κ1) is 25.6. The molecule has 5 atom stereocenters. The molecule has 0 saturated heterocycles. The van der Waals surface area contributed by atoms with E-state index in [9.17, 15) is 14.7 Å². The summed E-state index contributed by atoms with van der Waals surface area (Å²) in [6.07, 6.45) is 2.31. The van der Waals surface area contributed by atoms with E-state index in [0.717, 1.165) is 18.4 Å². The molecule has 3 saturated carbocycles. The number of rotatable bonds is 9. The molecule has 1 aromatic carbocycles. The van der Waals surface area contributed by atoms with Gasteiger partial charge in [-0.15, -0.1) is 0 Å². The van der Waals surface area contributed by atoms with Crippen molar-refractivity contribution in [3.05, 3.63) is 29.3 Å². The third-order valence-corrected chi connectivity index (χ3v) is 7.62. The molecule has 1 aromatic rings. The number of ether oxygens (including phenoxy) is 2. The van der Waals surface area contributed by atoms with Crippen LogP contribution in [-0.4, -0.2) is 55.3 Å². The lowest BCUT2D eigenvalue weighted by Crippen LogP contribution is -2.68. The minimum Gasteiger partial charge on any atom is -0.496 e. The number of nitrogens with one attached hydrogen (secondary N) is 1. The lowest BCUT2D eigenvalue weighted by atomic mass is 9.43. The van der Waals surface area contributed by atoms with Crippen molar-refractivity contribution in [3.8, 4) is 5.75 Å². The molecule has 0 aromatic heterocycles. The molecule has 0 radical (unpaired) electrons. The minimum absolute atomic E-state index is 0.131. The van der Waals surface area contributed by atoms with E-state index in [4.69, 9.17) is 14.1 Å². The van der Waals surface area contributed by atoms with E-state index >= 15 is 0 Å². The number of benzene rings is 1. The largest absolute Gasteiger partial charge is 0.496 e. The Morgan fingerprint density at radius 1 is 1.30 bits per heavy atom. The van der Waals surface area contributed by atoms with Gasteiger partial charge in [-0.1, -0.05) is 26.0 Å². The molecule has 1 amide bonds. The normalized spacial score (nSPS) is 28.8. The third kappa shape index (κ3) is 5.07. The molecule has 3 aliphatic carbocycles. The summed E-state index contributed by atoms with van der Waals surface area (Å²) in [6, 6.07) is 5.31. The highest BCUT2D eigenvalue weighted by molar-refractivity contribution is 6.30. The van der Waals surface area contributed by atoms with Crippen LogP contribution in [-0.2, 0) is 20.6 Å². The summed E-state index contributed by atoms with van der Waals surface area (Å²) in [4.78, 5) is 24.0. The second-order valence-corrected chi connectivity index (χ2v) is 11.2. The highest BCUT2D eigenvalue weighted by Gasteiger charge is 2.63. The maximum Gasteiger partial charge on any atom is 0.342 e. The number of amides is 1. The molecule has 3 fully saturated rings. The number of fused-ring (bicyclic) bond motifs is 2. The minimum atomic E-state index is -0.663. The van der Waals surface area contributed by atoms with Gasteiger partial charge in [0.25, 0.3) is 7.48 Å². The molecule has 0 heterocycles. The summed E-state index contributed by atoms with van der Waals surface area (Å²) in [5.74, 6) is 0.405. The van der Waals surface area contributed by atoms with Crippen molar-refractivity contribution < 1.29 is 28.8 Å². The first-order valence-corrected chi connectivity index (χ1v) is 11.7. The Labute approximate surface area is 197 Å². The van der Waals surface area contributed by atoms with Gasteiger partial charge in [0.1, 0.15) is 16.9 Å². The molecule has 0 aliphatic heterocycles. The summed E-state index contributed by atoms with van der Waals surface area (Å²) in [6.45, 7) is 11.9. The second kappa shape index (κ2) is 9.30. The average Bonchev–Trinajstić information content (AvgIpc) is 2.72. The quantitative estimate of drug-likeness (QED) is 0.335. The molecule has 2 bridgehead atoms. The maximum atomic E-state index is 12.7. The van der Waals surface area contributed by atoms with E-state index in [1.807, 2.05) is 33.8 Å². The number of aliphatic hydroxyl groups excluding tert-OH is 1. The summed E-state index contributed by atoms with van der Waals surface area (Å²) in [5.41, 5.74) is -0.0522. The van der Waals surface area contributed by atoms with Crippen LogP contribution in [0.15, 0.2) is 18.2 Å². The number of carbonyl (C=O) groups excluding carboxylic acids is 2. The van der Waals surface area contributed by atoms with E-state index in [-0.39, 0.29) is 24.8 Å². The Balaban J connectivity index is 1.77. The molecule has 4 rings (SSSR count). The van der Waals surface area contributed by atoms with E-state index in [1.54, 1.807) is 12.1 Å². The Morgan fingerprint density at radius 3 is 2.58 bits per heavy atom. The Morgan fingerprint density at radius 2 is 2.00 bits per heavy atom. The van der Waals surface area contributed by atoms with Gasteiger partial charge in [-0.2, -0.15) is 0 Å². The zero-order valence-corrected chi connectivity index (χ0v) is 20.9. The zero-order valence-electron chi connectivity index (χ0n) is 20.9. The second-order valence-electron chi connectivity index (χ2n) is 11.2. The average molecular weight is 459 g/mol. The fraction of sp³-hybridized carbons (Fsp3) is 0.680. The van der Waals surface area contributed by atoms with Crippen LogP contribution < -0.4 is 10.1 Å². The van der Waals surface area contributed by atoms with Gasteiger partial charge >= 0.3 is 5.97 Å². The SMILES string of the molecule is COc1c(CC(BOC2(C)C(O)CC3CC2C3(C)C)NC=O)cccc1C(=O)OC(C)(C)C. The van der Waals surface area contributed by atoms with Gasteiger partial charge < -0.3 is 24.6 Å². The first-order valence-electron chi connectivity index (χ1n) is 11.7. The zero-order chi connectivity index (χ0) is 24.6. The Hall–Kier alpha value is -2.06. The first-order chi connectivity index (χ1) is 15.3. The van der Waals surface area contributed by atoms with Gasteiger partial charge in [0.05, 0.1) is 18.8 Å². The van der Waals surface area contributed by atoms with Gasteiger partial charge in [0.15, 0.2) is 0 Å². The summed E-state index contributed by atoms with van der Waals surface area (Å²) >= 11 is 0. The van der Waals surface area contributed by atoms with E-state index in [2.05, 4.69) is 19.2 Å². The summed E-state index contributed by atoms with van der Waals surface area (Å²) in [7, 11) is 1.75. The molecule has 33 heavy (non-hydrogen) atoms. The van der Waals surface area contributed by atoms with Crippen LogP contribution in [0.25, 0.3) is 0 Å². The maximum absolute atomic E-state index is 12.7. The van der Waals surface area contributed by atoms with E-state index < -0.39 is 23.3 Å². The van der Waals surface area contributed by atoms with Crippen LogP contribution in [0.4, 0.5) is 0 Å². The van der Waals surface area contributed by atoms with Crippen molar-refractivity contribution in [1.82, 2.24) is 5.32 Å². The number of esters is 1. The van der Waals surface area contributed by atoms with Gasteiger partial charge in [-0.25, -0.2) is 4.79 Å². The lowest BCUT2D eigenvalue weighted by molar-refractivity contribution is -0.234. The van der Waals surface area contributed by atoms with Crippen LogP contribution in [0, 0.1) is 17.3 Å². The van der Waals surface area contributed by atoms with Crippen LogP contribution in [0.3, 0.4) is 0 Å². The monoisotopic (exact) mass is 459 g/mol. The number of hydrogen-bond donors (Lipinski definition) is 2. The Kier molecular flexibility index (Phi) is 7.20. The molecule has 2 N–H and O–H groups in total. The highest BCUT2D eigenvalue weighted by Crippen LogP contribution is 2.63. The van der Waals surface area contributed by atoms with Crippen molar-refractivity contribution in [2.45, 2.75) is 84.1 Å². The number of hydrogen-bond acceptors (Lipinski definition) is 6. The number of methoxy groups -OCH3 is 1. The summed E-state index contributed by atoms with van der Waals surface area (Å²) in [5, 5.41) is 13.6. The van der Waals surface area contributed by atoms with Crippen LogP contribution in [0.1, 0.15) is 70.3 Å². The standard InChI is InChI=1S/C25H38BNO6/c1-23(2,3)32-22(30)17-10-8-9-15(21(17)31-7)11-20(27-14-28)26-33-25(6)18-12-16(13-19(25)29)24(18,4)5/h8-10,14,16,18-20,26,29H,11-13H2,1-7H3,(H,27,28). The number of carbonyl (C=O) groups is 2. The van der Waals surface area contributed by atoms with Gasteiger partial charge in [0, 0.05) is 5.94 Å². The van der Waals surface area contributed by atoms with Crippen LogP contribution in [0.5, 0.6) is 5.75 Å². The smallest absolute Gasteiger partial charge is 0.342 e. The number of para-hydroxylation sites is 1. The van der Waals surface area contributed by atoms with Crippen molar-refractivity contribution in [3.63, 3.8) is 0 Å². The van der Waals surface area contributed by atoms with Gasteiger partial charge in [0.2, 0.25) is 6.41 Å². The summed E-state index contributed by atoms with van der Waals surface area (Å²) < 4.78 is 17.5. The predicted octanol–water partition coefficient (Wildman–Crippen LogP) is 2.82. The molecule has 5 unspecified atom stereocenters. The fourth-order valence-electron chi connectivity index (χ4n) is 5.61. The molecular weight excluding hydrogens is 421 g/mol. The van der Waals surface area contributed by atoms with Crippen molar-refractivity contribution in [2.24, 2.45) is 17.3 Å². The topological polar surface area (TPSA) is 94.1 Å². The van der Waals surface area contributed by atoms with Gasteiger partial charge in [-0.05, 0) is 75.8 Å².